The molecule has 1 aliphatic rings. The van der Waals surface area contributed by atoms with Gasteiger partial charge in [-0.25, -0.2) is 9.97 Å². The van der Waals surface area contributed by atoms with Crippen LogP contribution in [0.4, 0.5) is 5.95 Å². The molecule has 1 atom stereocenters. The summed E-state index contributed by atoms with van der Waals surface area (Å²) in [6.45, 7) is 7.45. The number of anilines is 1. The van der Waals surface area contributed by atoms with Gasteiger partial charge in [0.2, 0.25) is 5.95 Å². The summed E-state index contributed by atoms with van der Waals surface area (Å²) in [5, 5.41) is 3.38. The predicted molar refractivity (Wildman–Crippen MR) is 79.3 cm³/mol. The molecule has 4 nitrogen and oxygen atoms in total. The zero-order valence-electron chi connectivity index (χ0n) is 12.2. The minimum Gasteiger partial charge on any atom is -0.338 e. The second kappa shape index (κ2) is 7.43. The number of nitrogens with one attached hydrogen (secondary N) is 1. The molecular weight excluding hydrogens is 236 g/mol. The Balaban J connectivity index is 1.96. The lowest BCUT2D eigenvalue weighted by molar-refractivity contribution is 0.443. The highest BCUT2D eigenvalue weighted by atomic mass is 15.3. The average Bonchev–Trinajstić information content (AvgIpc) is 2.48. The number of rotatable bonds is 6. The van der Waals surface area contributed by atoms with Crippen LogP contribution in [-0.4, -0.2) is 29.1 Å². The van der Waals surface area contributed by atoms with Crippen LogP contribution < -0.4 is 10.2 Å². The molecule has 1 N–H and O–H groups in total. The molecule has 2 heterocycles. The van der Waals surface area contributed by atoms with Crippen molar-refractivity contribution in [3.05, 3.63) is 18.0 Å². The molecule has 0 aromatic carbocycles. The topological polar surface area (TPSA) is 41.1 Å². The van der Waals surface area contributed by atoms with Crippen LogP contribution >= 0.6 is 0 Å². The van der Waals surface area contributed by atoms with E-state index in [9.17, 15) is 0 Å². The Bertz CT molecular complexity index is 363. The Hall–Kier alpha value is -1.16. The fraction of sp³-hybridized carbons (Fsp3) is 0.733. The molecule has 1 aromatic heterocycles. The monoisotopic (exact) mass is 262 g/mol. The maximum atomic E-state index is 4.55. The predicted octanol–water partition coefficient (Wildman–Crippen LogP) is 2.75. The Labute approximate surface area is 116 Å². The largest absolute Gasteiger partial charge is 0.338 e. The summed E-state index contributed by atoms with van der Waals surface area (Å²) in [7, 11) is 0. The summed E-state index contributed by atoms with van der Waals surface area (Å²) in [5.41, 5.74) is 1.17. The molecular formula is C15H26N4. The van der Waals surface area contributed by atoms with Crippen molar-refractivity contribution in [2.75, 3.05) is 18.0 Å². The van der Waals surface area contributed by atoms with Crippen LogP contribution in [0.15, 0.2) is 12.4 Å². The van der Waals surface area contributed by atoms with Gasteiger partial charge in [-0.15, -0.1) is 0 Å². The van der Waals surface area contributed by atoms with E-state index in [2.05, 4.69) is 34.0 Å². The number of hydrogen-bond acceptors (Lipinski definition) is 4. The molecule has 4 heteroatoms. The van der Waals surface area contributed by atoms with Crippen molar-refractivity contribution >= 4 is 5.95 Å². The van der Waals surface area contributed by atoms with Gasteiger partial charge < -0.3 is 10.2 Å². The molecule has 1 aromatic rings. The molecule has 0 spiro atoms. The fourth-order valence-electron chi connectivity index (χ4n) is 2.69. The molecule has 1 unspecified atom stereocenters. The summed E-state index contributed by atoms with van der Waals surface area (Å²) < 4.78 is 0. The molecule has 1 aliphatic heterocycles. The number of aromatic nitrogens is 2. The first kappa shape index (κ1) is 14.3. The lowest BCUT2D eigenvalue weighted by Gasteiger charge is -2.35. The summed E-state index contributed by atoms with van der Waals surface area (Å²) in [6.07, 6.45) is 10.2. The molecule has 0 radical (unpaired) electrons. The van der Waals surface area contributed by atoms with Crippen LogP contribution in [0.25, 0.3) is 0 Å². The highest BCUT2D eigenvalue weighted by molar-refractivity contribution is 5.32. The molecule has 19 heavy (non-hydrogen) atoms. The normalized spacial score (nSPS) is 19.7. The van der Waals surface area contributed by atoms with Crippen molar-refractivity contribution in [3.8, 4) is 0 Å². The van der Waals surface area contributed by atoms with Gasteiger partial charge in [0, 0.05) is 37.1 Å². The third-order valence-corrected chi connectivity index (χ3v) is 3.80. The number of hydrogen-bond donors (Lipinski definition) is 1. The van der Waals surface area contributed by atoms with Gasteiger partial charge in [0.25, 0.3) is 0 Å². The van der Waals surface area contributed by atoms with E-state index in [1.54, 1.807) is 0 Å². The number of piperidine rings is 1. The Morgan fingerprint density at radius 1 is 1.26 bits per heavy atom. The van der Waals surface area contributed by atoms with Crippen LogP contribution in [0.3, 0.4) is 0 Å². The van der Waals surface area contributed by atoms with Gasteiger partial charge in [-0.2, -0.15) is 0 Å². The van der Waals surface area contributed by atoms with E-state index < -0.39 is 0 Å². The van der Waals surface area contributed by atoms with E-state index in [1.165, 1.54) is 31.2 Å². The van der Waals surface area contributed by atoms with Gasteiger partial charge in [-0.05, 0) is 38.6 Å². The van der Waals surface area contributed by atoms with E-state index in [0.29, 0.717) is 6.04 Å². The van der Waals surface area contributed by atoms with Gasteiger partial charge in [0.15, 0.2) is 0 Å². The van der Waals surface area contributed by atoms with Gasteiger partial charge in [0.05, 0.1) is 0 Å². The molecule has 0 aliphatic carbocycles. The molecule has 106 valence electrons. The molecule has 1 fully saturated rings. The highest BCUT2D eigenvalue weighted by Crippen LogP contribution is 2.23. The van der Waals surface area contributed by atoms with Crippen molar-refractivity contribution < 1.29 is 0 Å². The first-order valence-corrected chi connectivity index (χ1v) is 7.63. The molecule has 0 bridgehead atoms. The molecule has 2 rings (SSSR count). The van der Waals surface area contributed by atoms with Crippen LogP contribution in [-0.2, 0) is 6.54 Å². The minimum atomic E-state index is 0.623. The minimum absolute atomic E-state index is 0.623. The van der Waals surface area contributed by atoms with Crippen molar-refractivity contribution in [2.24, 2.45) is 0 Å². The third-order valence-electron chi connectivity index (χ3n) is 3.80. The van der Waals surface area contributed by atoms with Crippen molar-refractivity contribution in [3.63, 3.8) is 0 Å². The van der Waals surface area contributed by atoms with E-state index in [-0.39, 0.29) is 0 Å². The Kier molecular flexibility index (Phi) is 5.58. The lowest BCUT2D eigenvalue weighted by atomic mass is 10.0. The van der Waals surface area contributed by atoms with Crippen LogP contribution in [0, 0.1) is 0 Å². The van der Waals surface area contributed by atoms with Crippen LogP contribution in [0.1, 0.15) is 51.5 Å². The van der Waals surface area contributed by atoms with E-state index in [1.807, 2.05) is 12.4 Å². The maximum Gasteiger partial charge on any atom is 0.225 e. The van der Waals surface area contributed by atoms with Gasteiger partial charge in [-0.3, -0.25) is 0 Å². The fourth-order valence-corrected chi connectivity index (χ4v) is 2.69. The SMILES string of the molecule is CCCNCc1cnc(N2CCCCC2CC)nc1. The van der Waals surface area contributed by atoms with Gasteiger partial charge in [0.1, 0.15) is 0 Å². The average molecular weight is 262 g/mol. The number of nitrogens with zero attached hydrogens (tertiary/aromatic N) is 3. The smallest absolute Gasteiger partial charge is 0.225 e. The zero-order chi connectivity index (χ0) is 13.5. The van der Waals surface area contributed by atoms with Crippen molar-refractivity contribution in [2.45, 2.75) is 58.5 Å². The summed E-state index contributed by atoms with van der Waals surface area (Å²) in [4.78, 5) is 11.5. The van der Waals surface area contributed by atoms with Gasteiger partial charge in [-0.1, -0.05) is 13.8 Å². The van der Waals surface area contributed by atoms with E-state index >= 15 is 0 Å². The summed E-state index contributed by atoms with van der Waals surface area (Å²) in [6, 6.07) is 0.623. The molecule has 1 saturated heterocycles. The van der Waals surface area contributed by atoms with E-state index in [0.717, 1.165) is 32.0 Å². The Morgan fingerprint density at radius 3 is 2.74 bits per heavy atom. The molecule has 0 amide bonds. The maximum absolute atomic E-state index is 4.55. The summed E-state index contributed by atoms with van der Waals surface area (Å²) in [5.74, 6) is 0.908. The lowest BCUT2D eigenvalue weighted by Crippen LogP contribution is -2.40. The molecule has 0 saturated carbocycles. The summed E-state index contributed by atoms with van der Waals surface area (Å²) >= 11 is 0. The zero-order valence-corrected chi connectivity index (χ0v) is 12.2. The second-order valence-electron chi connectivity index (χ2n) is 5.32. The van der Waals surface area contributed by atoms with Crippen LogP contribution in [0.2, 0.25) is 0 Å². The first-order chi connectivity index (χ1) is 9.35. The van der Waals surface area contributed by atoms with Crippen molar-refractivity contribution in [1.82, 2.24) is 15.3 Å². The quantitative estimate of drug-likeness (QED) is 0.800. The second-order valence-corrected chi connectivity index (χ2v) is 5.32. The van der Waals surface area contributed by atoms with E-state index in [4.69, 9.17) is 0 Å². The van der Waals surface area contributed by atoms with Gasteiger partial charge >= 0.3 is 0 Å². The first-order valence-electron chi connectivity index (χ1n) is 7.63. The third kappa shape index (κ3) is 3.90. The van der Waals surface area contributed by atoms with Crippen molar-refractivity contribution in [1.29, 1.82) is 0 Å². The highest BCUT2D eigenvalue weighted by Gasteiger charge is 2.22. The standard InChI is InChI=1S/C15H26N4/c1-3-8-16-10-13-11-17-15(18-12-13)19-9-6-5-7-14(19)4-2/h11-12,14,16H,3-10H2,1-2H3. The van der Waals surface area contributed by atoms with Crippen LogP contribution in [0.5, 0.6) is 0 Å². The Morgan fingerprint density at radius 2 is 2.05 bits per heavy atom.